The van der Waals surface area contributed by atoms with Crippen molar-refractivity contribution in [2.45, 2.75) is 59.0 Å². The molecular formula is C17H27N3O5. The summed E-state index contributed by atoms with van der Waals surface area (Å²) in [5, 5.41) is 0. The Balaban J connectivity index is 2.42. The van der Waals surface area contributed by atoms with E-state index in [1.54, 1.807) is 11.8 Å². The Bertz CT molecular complexity index is 553. The Hall–Kier alpha value is -2.21. The van der Waals surface area contributed by atoms with Crippen molar-refractivity contribution in [3.63, 3.8) is 0 Å². The van der Waals surface area contributed by atoms with Crippen LogP contribution >= 0.6 is 0 Å². The maximum absolute atomic E-state index is 12.0. The number of ketones is 1. The maximum Gasteiger partial charge on any atom is 0.441 e. The Morgan fingerprint density at radius 2 is 1.80 bits per heavy atom. The fraction of sp³-hybridized carbons (Fsp3) is 0.765. The molecule has 0 saturated carbocycles. The summed E-state index contributed by atoms with van der Waals surface area (Å²) in [6.07, 6.45) is 1.88. The molecule has 1 aliphatic rings. The summed E-state index contributed by atoms with van der Waals surface area (Å²) >= 11 is 0. The lowest BCUT2D eigenvalue weighted by molar-refractivity contribution is -0.141. The van der Waals surface area contributed by atoms with E-state index in [4.69, 9.17) is 10.3 Å². The van der Waals surface area contributed by atoms with Crippen LogP contribution in [0.5, 0.6) is 0 Å². The van der Waals surface area contributed by atoms with Gasteiger partial charge in [-0.3, -0.25) is 4.79 Å². The molecule has 0 aromatic heterocycles. The minimum absolute atomic E-state index is 0.105. The van der Waals surface area contributed by atoms with Crippen LogP contribution in [-0.2, 0) is 19.1 Å². The summed E-state index contributed by atoms with van der Waals surface area (Å²) in [6, 6.07) is 0. The lowest BCUT2D eigenvalue weighted by Crippen LogP contribution is -2.41. The predicted octanol–water partition coefficient (Wildman–Crippen LogP) is 2.22. The third kappa shape index (κ3) is 7.05. The number of piperidine rings is 1. The SMILES string of the molecule is CCOC(=O)C(=[N+]=[N-])C(=O)CCC1CCN(C(=O)OC(C)(C)C)CC1. The second-order valence-corrected chi connectivity index (χ2v) is 7.04. The van der Waals surface area contributed by atoms with Crippen LogP contribution in [0.3, 0.4) is 0 Å². The maximum atomic E-state index is 12.0. The topological polar surface area (TPSA) is 109 Å². The van der Waals surface area contributed by atoms with Gasteiger partial charge >= 0.3 is 17.8 Å². The fourth-order valence-corrected chi connectivity index (χ4v) is 2.59. The van der Waals surface area contributed by atoms with E-state index in [0.29, 0.717) is 19.5 Å². The summed E-state index contributed by atoms with van der Waals surface area (Å²) in [5.41, 5.74) is 7.74. The number of hydrogen-bond donors (Lipinski definition) is 0. The van der Waals surface area contributed by atoms with Crippen molar-refractivity contribution < 1.29 is 28.6 Å². The molecule has 8 heteroatoms. The van der Waals surface area contributed by atoms with Gasteiger partial charge in [0.05, 0.1) is 6.61 Å². The highest BCUT2D eigenvalue weighted by atomic mass is 16.6. The first-order valence-corrected chi connectivity index (χ1v) is 8.58. The van der Waals surface area contributed by atoms with Crippen LogP contribution in [0.25, 0.3) is 5.53 Å². The first-order valence-electron chi connectivity index (χ1n) is 8.58. The molecule has 0 spiro atoms. The molecule has 0 N–H and O–H groups in total. The van der Waals surface area contributed by atoms with Crippen molar-refractivity contribution in [2.75, 3.05) is 19.7 Å². The first-order chi connectivity index (χ1) is 11.7. The number of carbonyl (C=O) groups excluding carboxylic acids is 3. The summed E-state index contributed by atoms with van der Waals surface area (Å²) in [4.78, 5) is 39.9. The van der Waals surface area contributed by atoms with Gasteiger partial charge < -0.3 is 19.9 Å². The fourth-order valence-electron chi connectivity index (χ4n) is 2.59. The molecule has 0 aromatic rings. The average Bonchev–Trinajstić information content (AvgIpc) is 2.52. The molecule has 8 nitrogen and oxygen atoms in total. The molecule has 0 unspecified atom stereocenters. The molecular weight excluding hydrogens is 326 g/mol. The van der Waals surface area contributed by atoms with E-state index in [-0.39, 0.29) is 25.0 Å². The number of Topliss-reactive ketones (excluding diaryl/α,β-unsaturated/α-hetero) is 1. The lowest BCUT2D eigenvalue weighted by Gasteiger charge is -2.33. The highest BCUT2D eigenvalue weighted by molar-refractivity contribution is 6.62. The Morgan fingerprint density at radius 1 is 1.20 bits per heavy atom. The Kier molecular flexibility index (Phi) is 7.77. The zero-order chi connectivity index (χ0) is 19.0. The van der Waals surface area contributed by atoms with Crippen molar-refractivity contribution in [3.05, 3.63) is 5.53 Å². The molecule has 1 aliphatic heterocycles. The molecule has 1 heterocycles. The van der Waals surface area contributed by atoms with Crippen molar-refractivity contribution in [1.29, 1.82) is 0 Å². The van der Waals surface area contributed by atoms with Gasteiger partial charge in [-0.1, -0.05) is 0 Å². The molecule has 1 rings (SSSR count). The van der Waals surface area contributed by atoms with Gasteiger partial charge in [0.1, 0.15) is 5.60 Å². The highest BCUT2D eigenvalue weighted by Gasteiger charge is 2.32. The summed E-state index contributed by atoms with van der Waals surface area (Å²) in [6.45, 7) is 8.34. The monoisotopic (exact) mass is 353 g/mol. The van der Waals surface area contributed by atoms with Crippen LogP contribution in [0.15, 0.2) is 0 Å². The van der Waals surface area contributed by atoms with Gasteiger partial charge in [-0.05, 0) is 52.9 Å². The molecule has 1 amide bonds. The molecule has 0 radical (unpaired) electrons. The molecule has 0 aromatic carbocycles. The molecule has 25 heavy (non-hydrogen) atoms. The third-order valence-electron chi connectivity index (χ3n) is 3.88. The average molecular weight is 353 g/mol. The van der Waals surface area contributed by atoms with E-state index in [1.165, 1.54) is 0 Å². The number of esters is 1. The van der Waals surface area contributed by atoms with Crippen molar-refractivity contribution in [2.24, 2.45) is 5.92 Å². The van der Waals surface area contributed by atoms with Crippen LogP contribution < -0.4 is 0 Å². The molecule has 140 valence electrons. The van der Waals surface area contributed by atoms with Gasteiger partial charge in [-0.25, -0.2) is 9.59 Å². The van der Waals surface area contributed by atoms with E-state index in [9.17, 15) is 14.4 Å². The Labute approximate surface area is 148 Å². The van der Waals surface area contributed by atoms with Crippen LogP contribution in [0.4, 0.5) is 4.79 Å². The summed E-state index contributed by atoms with van der Waals surface area (Å²) in [7, 11) is 0. The van der Waals surface area contributed by atoms with E-state index in [2.05, 4.69) is 9.53 Å². The van der Waals surface area contributed by atoms with Crippen LogP contribution in [-0.4, -0.2) is 58.5 Å². The number of carbonyl (C=O) groups is 3. The largest absolute Gasteiger partial charge is 0.457 e. The molecule has 0 bridgehead atoms. The number of likely N-dealkylation sites (tertiary alicyclic amines) is 1. The summed E-state index contributed by atoms with van der Waals surface area (Å²) in [5.74, 6) is -1.17. The Morgan fingerprint density at radius 3 is 2.28 bits per heavy atom. The minimum Gasteiger partial charge on any atom is -0.457 e. The molecule has 1 saturated heterocycles. The van der Waals surface area contributed by atoms with Gasteiger partial charge in [-0.2, -0.15) is 4.79 Å². The smallest absolute Gasteiger partial charge is 0.441 e. The predicted molar refractivity (Wildman–Crippen MR) is 90.0 cm³/mol. The highest BCUT2D eigenvalue weighted by Crippen LogP contribution is 2.23. The number of amides is 1. The second-order valence-electron chi connectivity index (χ2n) is 7.04. The van der Waals surface area contributed by atoms with Gasteiger partial charge in [0.2, 0.25) is 0 Å². The van der Waals surface area contributed by atoms with Crippen LogP contribution in [0, 0.1) is 5.92 Å². The molecule has 1 fully saturated rings. The van der Waals surface area contributed by atoms with E-state index < -0.39 is 23.1 Å². The van der Waals surface area contributed by atoms with Crippen LogP contribution in [0.2, 0.25) is 0 Å². The van der Waals surface area contributed by atoms with Crippen molar-refractivity contribution >= 4 is 23.6 Å². The number of rotatable bonds is 6. The zero-order valence-corrected chi connectivity index (χ0v) is 15.4. The standard InChI is InChI=1S/C17H27N3O5/c1-5-24-15(22)14(19-18)13(21)7-6-12-8-10-20(11-9-12)16(23)25-17(2,3)4/h12H,5-11H2,1-4H3. The lowest BCUT2D eigenvalue weighted by atomic mass is 9.91. The zero-order valence-electron chi connectivity index (χ0n) is 15.4. The second kappa shape index (κ2) is 9.32. The van der Waals surface area contributed by atoms with Gasteiger partial charge in [-0.15, -0.1) is 0 Å². The van der Waals surface area contributed by atoms with Gasteiger partial charge in [0.25, 0.3) is 5.78 Å². The van der Waals surface area contributed by atoms with E-state index in [0.717, 1.165) is 12.8 Å². The van der Waals surface area contributed by atoms with Gasteiger partial charge in [0.15, 0.2) is 0 Å². The number of hydrogen-bond acceptors (Lipinski definition) is 5. The van der Waals surface area contributed by atoms with Crippen molar-refractivity contribution in [3.8, 4) is 0 Å². The molecule has 0 atom stereocenters. The quantitative estimate of drug-likeness (QED) is 0.239. The minimum atomic E-state index is -0.908. The van der Waals surface area contributed by atoms with Crippen molar-refractivity contribution in [1.82, 2.24) is 4.90 Å². The third-order valence-corrected chi connectivity index (χ3v) is 3.88. The summed E-state index contributed by atoms with van der Waals surface area (Å²) < 4.78 is 10.0. The van der Waals surface area contributed by atoms with Gasteiger partial charge in [0, 0.05) is 19.5 Å². The van der Waals surface area contributed by atoms with Crippen LogP contribution in [0.1, 0.15) is 53.4 Å². The molecule has 0 aliphatic carbocycles. The van der Waals surface area contributed by atoms with E-state index >= 15 is 0 Å². The number of ether oxygens (including phenoxy) is 2. The number of nitrogens with zero attached hydrogens (tertiary/aromatic N) is 3. The van der Waals surface area contributed by atoms with E-state index in [1.807, 2.05) is 20.8 Å². The first kappa shape index (κ1) is 20.8. The normalized spacial score (nSPS) is 15.3.